The standard InChI is InChI=1S/C24H27N3O3S/c1-15-8-18(4)23(19(5)9-15)31(29,30)27-22-11-21(7-6-17(22)3)24(28)26-14-20-10-16(2)12-25-13-20/h6-13,27H,14H2,1-5H3,(H,26,28). The Morgan fingerprint density at radius 1 is 0.871 bits per heavy atom. The van der Waals surface area contributed by atoms with Gasteiger partial charge in [0.25, 0.3) is 15.9 Å². The van der Waals surface area contributed by atoms with Gasteiger partial charge in [-0.05, 0) is 74.6 Å². The van der Waals surface area contributed by atoms with E-state index < -0.39 is 10.0 Å². The van der Waals surface area contributed by atoms with Gasteiger partial charge in [-0.2, -0.15) is 0 Å². The molecule has 0 radical (unpaired) electrons. The number of pyridine rings is 1. The molecule has 2 N–H and O–H groups in total. The van der Waals surface area contributed by atoms with Gasteiger partial charge in [0.1, 0.15) is 0 Å². The fourth-order valence-electron chi connectivity index (χ4n) is 3.66. The lowest BCUT2D eigenvalue weighted by Gasteiger charge is -2.16. The minimum atomic E-state index is -3.81. The predicted molar refractivity (Wildman–Crippen MR) is 123 cm³/mol. The molecular formula is C24H27N3O3S. The number of sulfonamides is 1. The number of hydrogen-bond acceptors (Lipinski definition) is 4. The van der Waals surface area contributed by atoms with Crippen LogP contribution in [0.25, 0.3) is 0 Å². The second-order valence-corrected chi connectivity index (χ2v) is 9.54. The van der Waals surface area contributed by atoms with Crippen molar-refractivity contribution in [1.29, 1.82) is 0 Å². The molecule has 1 amide bonds. The summed E-state index contributed by atoms with van der Waals surface area (Å²) in [5, 5.41) is 2.85. The Morgan fingerprint density at radius 3 is 2.19 bits per heavy atom. The normalized spacial score (nSPS) is 11.3. The molecule has 162 valence electrons. The summed E-state index contributed by atoms with van der Waals surface area (Å²) in [6.45, 7) is 9.57. The molecule has 0 fully saturated rings. The molecule has 0 aliphatic heterocycles. The summed E-state index contributed by atoms with van der Waals surface area (Å²) in [6.07, 6.45) is 3.45. The van der Waals surface area contributed by atoms with E-state index in [2.05, 4.69) is 15.0 Å². The maximum Gasteiger partial charge on any atom is 0.262 e. The highest BCUT2D eigenvalue weighted by Crippen LogP contribution is 2.26. The highest BCUT2D eigenvalue weighted by molar-refractivity contribution is 7.92. The summed E-state index contributed by atoms with van der Waals surface area (Å²) in [7, 11) is -3.81. The van der Waals surface area contributed by atoms with Gasteiger partial charge in [-0.3, -0.25) is 14.5 Å². The van der Waals surface area contributed by atoms with Gasteiger partial charge in [0.2, 0.25) is 0 Å². The minimum Gasteiger partial charge on any atom is -0.348 e. The van der Waals surface area contributed by atoms with Gasteiger partial charge < -0.3 is 5.32 Å². The Morgan fingerprint density at radius 2 is 1.55 bits per heavy atom. The SMILES string of the molecule is Cc1cncc(CNC(=O)c2ccc(C)c(NS(=O)(=O)c3c(C)cc(C)cc3C)c2)c1. The van der Waals surface area contributed by atoms with Gasteiger partial charge >= 0.3 is 0 Å². The predicted octanol–water partition coefficient (Wildman–Crippen LogP) is 4.35. The Hall–Kier alpha value is -3.19. The van der Waals surface area contributed by atoms with Crippen LogP contribution in [0.4, 0.5) is 5.69 Å². The number of aromatic nitrogens is 1. The van der Waals surface area contributed by atoms with Gasteiger partial charge in [-0.25, -0.2) is 8.42 Å². The van der Waals surface area contributed by atoms with Crippen molar-refractivity contribution < 1.29 is 13.2 Å². The molecule has 31 heavy (non-hydrogen) atoms. The van der Waals surface area contributed by atoms with Crippen LogP contribution in [0.5, 0.6) is 0 Å². The van der Waals surface area contributed by atoms with Crippen molar-refractivity contribution >= 4 is 21.6 Å². The fourth-order valence-corrected chi connectivity index (χ4v) is 5.24. The van der Waals surface area contributed by atoms with Crippen LogP contribution in [-0.2, 0) is 16.6 Å². The molecule has 6 nitrogen and oxygen atoms in total. The lowest BCUT2D eigenvalue weighted by Crippen LogP contribution is -2.23. The van der Waals surface area contributed by atoms with E-state index in [1.807, 2.05) is 32.0 Å². The molecule has 3 rings (SSSR count). The highest BCUT2D eigenvalue weighted by atomic mass is 32.2. The van der Waals surface area contributed by atoms with Crippen molar-refractivity contribution in [2.24, 2.45) is 0 Å². The third-order valence-electron chi connectivity index (χ3n) is 5.00. The number of aryl methyl sites for hydroxylation is 5. The van der Waals surface area contributed by atoms with Gasteiger partial charge in [-0.1, -0.05) is 29.8 Å². The average Bonchev–Trinajstić information content (AvgIpc) is 2.66. The average molecular weight is 438 g/mol. The molecule has 0 bridgehead atoms. The van der Waals surface area contributed by atoms with E-state index in [4.69, 9.17) is 0 Å². The first-order chi connectivity index (χ1) is 14.6. The lowest BCUT2D eigenvalue weighted by atomic mass is 10.1. The fraction of sp³-hybridized carbons (Fsp3) is 0.250. The van der Waals surface area contributed by atoms with E-state index >= 15 is 0 Å². The van der Waals surface area contributed by atoms with Crippen LogP contribution < -0.4 is 10.0 Å². The summed E-state index contributed by atoms with van der Waals surface area (Å²) in [4.78, 5) is 17.0. The Balaban J connectivity index is 1.83. The summed E-state index contributed by atoms with van der Waals surface area (Å²) < 4.78 is 28.9. The summed E-state index contributed by atoms with van der Waals surface area (Å²) in [5.41, 5.74) is 5.77. The maximum absolute atomic E-state index is 13.1. The number of nitrogens with zero attached hydrogens (tertiary/aromatic N) is 1. The lowest BCUT2D eigenvalue weighted by molar-refractivity contribution is 0.0951. The number of carbonyl (C=O) groups excluding carboxylic acids is 1. The van der Waals surface area contributed by atoms with Crippen molar-refractivity contribution in [2.75, 3.05) is 4.72 Å². The topological polar surface area (TPSA) is 88.2 Å². The number of benzene rings is 2. The third-order valence-corrected chi connectivity index (χ3v) is 6.67. The van der Waals surface area contributed by atoms with Crippen LogP contribution >= 0.6 is 0 Å². The molecule has 0 atom stereocenters. The second kappa shape index (κ2) is 8.89. The highest BCUT2D eigenvalue weighted by Gasteiger charge is 2.21. The Labute approximate surface area is 183 Å². The number of rotatable bonds is 6. The van der Waals surface area contributed by atoms with Crippen LogP contribution in [0.15, 0.2) is 53.7 Å². The van der Waals surface area contributed by atoms with Crippen LogP contribution in [0.1, 0.15) is 43.7 Å². The molecule has 0 spiro atoms. The van der Waals surface area contributed by atoms with E-state index in [9.17, 15) is 13.2 Å². The number of amides is 1. The van der Waals surface area contributed by atoms with Crippen molar-refractivity contribution in [3.8, 4) is 0 Å². The van der Waals surface area contributed by atoms with Crippen LogP contribution in [0.2, 0.25) is 0 Å². The summed E-state index contributed by atoms with van der Waals surface area (Å²) in [5.74, 6) is -0.287. The Kier molecular flexibility index (Phi) is 6.45. The zero-order valence-corrected chi connectivity index (χ0v) is 19.2. The molecule has 1 aromatic heterocycles. The summed E-state index contributed by atoms with van der Waals surface area (Å²) in [6, 6.07) is 10.6. The smallest absolute Gasteiger partial charge is 0.262 e. The molecule has 0 unspecified atom stereocenters. The monoisotopic (exact) mass is 437 g/mol. The molecular weight excluding hydrogens is 410 g/mol. The van der Waals surface area contributed by atoms with Crippen molar-refractivity contribution in [2.45, 2.75) is 46.1 Å². The molecule has 1 heterocycles. The second-order valence-electron chi connectivity index (χ2n) is 7.92. The van der Waals surface area contributed by atoms with E-state index in [-0.39, 0.29) is 10.8 Å². The van der Waals surface area contributed by atoms with E-state index in [0.717, 1.165) is 22.3 Å². The van der Waals surface area contributed by atoms with E-state index in [1.165, 1.54) is 0 Å². The van der Waals surface area contributed by atoms with E-state index in [0.29, 0.717) is 28.9 Å². The number of hydrogen-bond donors (Lipinski definition) is 2. The molecule has 0 aliphatic rings. The first-order valence-corrected chi connectivity index (χ1v) is 11.4. The molecule has 3 aromatic rings. The van der Waals surface area contributed by atoms with Crippen LogP contribution in [-0.4, -0.2) is 19.3 Å². The molecule has 0 aliphatic carbocycles. The van der Waals surface area contributed by atoms with Crippen LogP contribution in [0.3, 0.4) is 0 Å². The van der Waals surface area contributed by atoms with Gasteiger partial charge in [-0.15, -0.1) is 0 Å². The van der Waals surface area contributed by atoms with Gasteiger partial charge in [0, 0.05) is 24.5 Å². The van der Waals surface area contributed by atoms with Crippen molar-refractivity contribution in [1.82, 2.24) is 10.3 Å². The number of nitrogens with one attached hydrogen (secondary N) is 2. The number of carbonyl (C=O) groups is 1. The first-order valence-electron chi connectivity index (χ1n) is 9.97. The van der Waals surface area contributed by atoms with Gasteiger partial charge in [0.05, 0.1) is 10.6 Å². The molecule has 7 heteroatoms. The molecule has 0 saturated heterocycles. The zero-order valence-electron chi connectivity index (χ0n) is 18.4. The van der Waals surface area contributed by atoms with Gasteiger partial charge in [0.15, 0.2) is 0 Å². The van der Waals surface area contributed by atoms with Crippen molar-refractivity contribution in [3.63, 3.8) is 0 Å². The zero-order chi connectivity index (χ0) is 22.8. The van der Waals surface area contributed by atoms with Crippen LogP contribution in [0, 0.1) is 34.6 Å². The third kappa shape index (κ3) is 5.30. The first kappa shape index (κ1) is 22.5. The number of anilines is 1. The minimum absolute atomic E-state index is 0.263. The quantitative estimate of drug-likeness (QED) is 0.600. The molecule has 0 saturated carbocycles. The Bertz CT molecular complexity index is 1230. The largest absolute Gasteiger partial charge is 0.348 e. The van der Waals surface area contributed by atoms with E-state index in [1.54, 1.807) is 51.4 Å². The van der Waals surface area contributed by atoms with Crippen molar-refractivity contribution in [3.05, 3.63) is 87.7 Å². The molecule has 2 aromatic carbocycles. The summed E-state index contributed by atoms with van der Waals surface area (Å²) >= 11 is 0. The maximum atomic E-state index is 13.1.